The lowest BCUT2D eigenvalue weighted by Gasteiger charge is -2.38. The molecule has 0 amide bonds. The van der Waals surface area contributed by atoms with Gasteiger partial charge in [0.05, 0.1) is 0 Å². The Bertz CT molecular complexity index is 195. The van der Waals surface area contributed by atoms with Crippen molar-refractivity contribution in [3.8, 4) is 0 Å². The van der Waals surface area contributed by atoms with Crippen molar-refractivity contribution in [3.63, 3.8) is 0 Å². The molecule has 2 aliphatic carbocycles. The highest BCUT2D eigenvalue weighted by molar-refractivity contribution is 4.86. The fourth-order valence-corrected chi connectivity index (χ4v) is 2.39. The van der Waals surface area contributed by atoms with E-state index in [1.54, 1.807) is 0 Å². The molecular formula is C14H27NO. The zero-order valence-electron chi connectivity index (χ0n) is 10.9. The van der Waals surface area contributed by atoms with E-state index >= 15 is 0 Å². The quantitative estimate of drug-likeness (QED) is 0.641. The van der Waals surface area contributed by atoms with Crippen molar-refractivity contribution < 1.29 is 4.74 Å². The summed E-state index contributed by atoms with van der Waals surface area (Å²) in [5.74, 6) is 2.76. The molecule has 0 aliphatic heterocycles. The van der Waals surface area contributed by atoms with Gasteiger partial charge in [-0.2, -0.15) is 0 Å². The van der Waals surface area contributed by atoms with Crippen molar-refractivity contribution in [1.29, 1.82) is 0 Å². The third-order valence-corrected chi connectivity index (χ3v) is 4.07. The summed E-state index contributed by atoms with van der Waals surface area (Å²) in [5, 5.41) is 3.63. The van der Waals surface area contributed by atoms with Crippen molar-refractivity contribution >= 4 is 0 Å². The molecule has 2 fully saturated rings. The molecule has 0 aromatic heterocycles. The molecule has 0 unspecified atom stereocenters. The fourth-order valence-electron chi connectivity index (χ4n) is 2.39. The van der Waals surface area contributed by atoms with Gasteiger partial charge in [-0.05, 0) is 56.4 Å². The summed E-state index contributed by atoms with van der Waals surface area (Å²) in [6.07, 6.45) is 6.75. The molecule has 1 N–H and O–H groups in total. The summed E-state index contributed by atoms with van der Waals surface area (Å²) in [6, 6.07) is 0.802. The first-order valence-electron chi connectivity index (χ1n) is 7.07. The van der Waals surface area contributed by atoms with E-state index in [4.69, 9.17) is 4.74 Å². The second-order valence-corrected chi connectivity index (χ2v) is 6.00. The number of hydrogen-bond donors (Lipinski definition) is 1. The van der Waals surface area contributed by atoms with Crippen LogP contribution in [0.2, 0.25) is 0 Å². The standard InChI is InChI=1S/C14H27NO/c1-11(2)13-8-14(9-13)15-6-3-7-16-10-12-4-5-12/h11-15H,3-10H2,1-2H3. The largest absolute Gasteiger partial charge is 0.381 e. The molecule has 0 saturated heterocycles. The maximum atomic E-state index is 5.61. The van der Waals surface area contributed by atoms with Gasteiger partial charge in [0.2, 0.25) is 0 Å². The lowest BCUT2D eigenvalue weighted by atomic mass is 9.74. The van der Waals surface area contributed by atoms with Gasteiger partial charge in [-0.15, -0.1) is 0 Å². The average Bonchev–Trinajstić information content (AvgIpc) is 2.96. The third kappa shape index (κ3) is 4.06. The smallest absolute Gasteiger partial charge is 0.0494 e. The van der Waals surface area contributed by atoms with Crippen LogP contribution in [0, 0.1) is 17.8 Å². The van der Waals surface area contributed by atoms with Gasteiger partial charge in [-0.25, -0.2) is 0 Å². The van der Waals surface area contributed by atoms with E-state index in [2.05, 4.69) is 19.2 Å². The van der Waals surface area contributed by atoms with Crippen LogP contribution in [-0.4, -0.2) is 25.8 Å². The fraction of sp³-hybridized carbons (Fsp3) is 1.00. The number of hydrogen-bond acceptors (Lipinski definition) is 2. The summed E-state index contributed by atoms with van der Waals surface area (Å²) in [5.41, 5.74) is 0. The van der Waals surface area contributed by atoms with Crippen LogP contribution in [0.3, 0.4) is 0 Å². The second-order valence-electron chi connectivity index (χ2n) is 6.00. The van der Waals surface area contributed by atoms with Crippen LogP contribution in [-0.2, 0) is 4.74 Å². The molecule has 0 spiro atoms. The molecule has 2 aliphatic rings. The lowest BCUT2D eigenvalue weighted by molar-refractivity contribution is 0.116. The molecule has 2 nitrogen and oxygen atoms in total. The van der Waals surface area contributed by atoms with Gasteiger partial charge in [-0.1, -0.05) is 13.8 Å². The Kier molecular flexibility index (Phi) is 4.66. The Hall–Kier alpha value is -0.0800. The Labute approximate surface area is 100 Å². The highest BCUT2D eigenvalue weighted by Crippen LogP contribution is 2.33. The van der Waals surface area contributed by atoms with Crippen LogP contribution in [0.4, 0.5) is 0 Å². The minimum Gasteiger partial charge on any atom is -0.381 e. The molecule has 0 atom stereocenters. The van der Waals surface area contributed by atoms with Gasteiger partial charge in [-0.3, -0.25) is 0 Å². The van der Waals surface area contributed by atoms with Gasteiger partial charge < -0.3 is 10.1 Å². The number of nitrogens with one attached hydrogen (secondary N) is 1. The molecule has 0 aromatic rings. The summed E-state index contributed by atoms with van der Waals surface area (Å²) in [6.45, 7) is 7.78. The average molecular weight is 225 g/mol. The maximum absolute atomic E-state index is 5.61. The summed E-state index contributed by atoms with van der Waals surface area (Å²) in [7, 11) is 0. The second kappa shape index (κ2) is 6.02. The molecular weight excluding hydrogens is 198 g/mol. The van der Waals surface area contributed by atoms with E-state index in [-0.39, 0.29) is 0 Å². The lowest BCUT2D eigenvalue weighted by Crippen LogP contribution is -2.43. The van der Waals surface area contributed by atoms with Crippen molar-refractivity contribution in [2.45, 2.75) is 52.0 Å². The topological polar surface area (TPSA) is 21.3 Å². The number of rotatable bonds is 8. The number of ether oxygens (including phenoxy) is 1. The van der Waals surface area contributed by atoms with Crippen molar-refractivity contribution in [2.75, 3.05) is 19.8 Å². The molecule has 0 radical (unpaired) electrons. The van der Waals surface area contributed by atoms with Crippen LogP contribution in [0.25, 0.3) is 0 Å². The first-order chi connectivity index (χ1) is 7.75. The predicted octanol–water partition coefficient (Wildman–Crippen LogP) is 2.83. The minimum atomic E-state index is 0.802. The van der Waals surface area contributed by atoms with E-state index in [1.165, 1.54) is 32.1 Å². The van der Waals surface area contributed by atoms with Crippen LogP contribution in [0.1, 0.15) is 46.0 Å². The molecule has 2 saturated carbocycles. The van der Waals surface area contributed by atoms with Gasteiger partial charge in [0.1, 0.15) is 0 Å². The highest BCUT2D eigenvalue weighted by atomic mass is 16.5. The zero-order chi connectivity index (χ0) is 11.4. The van der Waals surface area contributed by atoms with Crippen LogP contribution >= 0.6 is 0 Å². The highest BCUT2D eigenvalue weighted by Gasteiger charge is 2.30. The van der Waals surface area contributed by atoms with Gasteiger partial charge in [0, 0.05) is 19.3 Å². The summed E-state index contributed by atoms with van der Waals surface area (Å²) >= 11 is 0. The normalized spacial score (nSPS) is 29.4. The predicted molar refractivity (Wildman–Crippen MR) is 67.5 cm³/mol. The van der Waals surface area contributed by atoms with E-state index in [1.807, 2.05) is 0 Å². The molecule has 2 heteroatoms. The summed E-state index contributed by atoms with van der Waals surface area (Å²) in [4.78, 5) is 0. The molecule has 0 bridgehead atoms. The van der Waals surface area contributed by atoms with Crippen molar-refractivity contribution in [1.82, 2.24) is 5.32 Å². The third-order valence-electron chi connectivity index (χ3n) is 4.07. The molecule has 94 valence electrons. The minimum absolute atomic E-state index is 0.802. The van der Waals surface area contributed by atoms with Crippen LogP contribution in [0.5, 0.6) is 0 Å². The van der Waals surface area contributed by atoms with Crippen LogP contribution in [0.15, 0.2) is 0 Å². The van der Waals surface area contributed by atoms with Crippen LogP contribution < -0.4 is 5.32 Å². The first-order valence-corrected chi connectivity index (χ1v) is 7.07. The van der Waals surface area contributed by atoms with Gasteiger partial charge in [0.25, 0.3) is 0 Å². The van der Waals surface area contributed by atoms with E-state index in [0.717, 1.165) is 43.6 Å². The molecule has 0 heterocycles. The van der Waals surface area contributed by atoms with E-state index in [9.17, 15) is 0 Å². The monoisotopic (exact) mass is 225 g/mol. The zero-order valence-corrected chi connectivity index (χ0v) is 10.9. The Balaban J connectivity index is 1.35. The Morgan fingerprint density at radius 3 is 2.62 bits per heavy atom. The molecule has 0 aromatic carbocycles. The van der Waals surface area contributed by atoms with Crippen molar-refractivity contribution in [3.05, 3.63) is 0 Å². The maximum Gasteiger partial charge on any atom is 0.0494 e. The van der Waals surface area contributed by atoms with Crippen molar-refractivity contribution in [2.24, 2.45) is 17.8 Å². The Morgan fingerprint density at radius 1 is 1.25 bits per heavy atom. The SMILES string of the molecule is CC(C)C1CC(NCCCOCC2CC2)C1. The summed E-state index contributed by atoms with van der Waals surface area (Å²) < 4.78 is 5.61. The van der Waals surface area contributed by atoms with E-state index in [0.29, 0.717) is 0 Å². The first kappa shape index (κ1) is 12.4. The van der Waals surface area contributed by atoms with Gasteiger partial charge in [0.15, 0.2) is 0 Å². The van der Waals surface area contributed by atoms with Gasteiger partial charge >= 0.3 is 0 Å². The van der Waals surface area contributed by atoms with E-state index < -0.39 is 0 Å². The Morgan fingerprint density at radius 2 is 2.00 bits per heavy atom. The molecule has 16 heavy (non-hydrogen) atoms. The molecule has 2 rings (SSSR count).